The van der Waals surface area contributed by atoms with Crippen LogP contribution < -0.4 is 10.1 Å². The Bertz CT molecular complexity index is 541. The van der Waals surface area contributed by atoms with Crippen molar-refractivity contribution in [1.29, 1.82) is 0 Å². The first kappa shape index (κ1) is 13.7. The maximum Gasteiger partial charge on any atom is 0.218 e. The molecule has 102 valence electrons. The van der Waals surface area contributed by atoms with E-state index >= 15 is 0 Å². The zero-order valence-corrected chi connectivity index (χ0v) is 12.4. The summed E-state index contributed by atoms with van der Waals surface area (Å²) in [4.78, 5) is 13.8. The molecule has 0 fully saturated rings. The van der Waals surface area contributed by atoms with Crippen molar-refractivity contribution in [3.8, 4) is 5.88 Å². The van der Waals surface area contributed by atoms with Gasteiger partial charge < -0.3 is 10.1 Å². The van der Waals surface area contributed by atoms with Crippen molar-refractivity contribution in [2.24, 2.45) is 0 Å². The molecule has 2 heterocycles. The van der Waals surface area contributed by atoms with E-state index in [1.54, 1.807) is 17.4 Å². The van der Waals surface area contributed by atoms with Crippen LogP contribution in [0.3, 0.4) is 0 Å². The molecule has 5 nitrogen and oxygen atoms in total. The molecule has 0 aliphatic carbocycles. The minimum absolute atomic E-state index is 0.0989. The maximum atomic E-state index is 5.54. The molecule has 2 aromatic heterocycles. The zero-order valence-electron chi connectivity index (χ0n) is 11.5. The highest BCUT2D eigenvalue weighted by molar-refractivity contribution is 7.11. The predicted octanol–water partition coefficient (Wildman–Crippen LogP) is 3.20. The molecular weight excluding hydrogens is 260 g/mol. The molecule has 6 heteroatoms. The number of hydrogen-bond donors (Lipinski definition) is 1. The van der Waals surface area contributed by atoms with Gasteiger partial charge in [0.15, 0.2) is 0 Å². The minimum atomic E-state index is 0.0989. The van der Waals surface area contributed by atoms with Gasteiger partial charge in [-0.05, 0) is 27.7 Å². The van der Waals surface area contributed by atoms with Crippen molar-refractivity contribution >= 4 is 17.2 Å². The Kier molecular flexibility index (Phi) is 4.31. The largest absolute Gasteiger partial charge is 0.475 e. The van der Waals surface area contributed by atoms with Crippen LogP contribution >= 0.6 is 11.3 Å². The number of ether oxygens (including phenoxy) is 1. The molecule has 1 unspecified atom stereocenters. The van der Waals surface area contributed by atoms with Crippen LogP contribution in [-0.4, -0.2) is 21.1 Å². The summed E-state index contributed by atoms with van der Waals surface area (Å²) in [6.45, 7) is 8.04. The lowest BCUT2D eigenvalue weighted by molar-refractivity contribution is 0.232. The number of nitrogens with one attached hydrogen (secondary N) is 1. The highest BCUT2D eigenvalue weighted by Gasteiger charge is 2.10. The van der Waals surface area contributed by atoms with Crippen LogP contribution in [-0.2, 0) is 0 Å². The van der Waals surface area contributed by atoms with Crippen LogP contribution in [0.1, 0.15) is 36.7 Å². The second kappa shape index (κ2) is 5.97. The maximum absolute atomic E-state index is 5.54. The number of hydrogen-bond acceptors (Lipinski definition) is 6. The van der Waals surface area contributed by atoms with Crippen molar-refractivity contribution < 1.29 is 4.74 Å². The first-order chi connectivity index (χ1) is 9.04. The lowest BCUT2D eigenvalue weighted by atomic mass is 10.3. The normalized spacial score (nSPS) is 12.5. The van der Waals surface area contributed by atoms with Gasteiger partial charge in [0.2, 0.25) is 5.88 Å². The summed E-state index contributed by atoms with van der Waals surface area (Å²) in [7, 11) is 0. The highest BCUT2D eigenvalue weighted by Crippen LogP contribution is 2.23. The van der Waals surface area contributed by atoms with E-state index in [1.807, 2.05) is 27.0 Å². The average molecular weight is 278 g/mol. The third-order valence-corrected chi connectivity index (χ3v) is 3.47. The first-order valence-electron chi connectivity index (χ1n) is 6.22. The Morgan fingerprint density at radius 3 is 2.63 bits per heavy atom. The van der Waals surface area contributed by atoms with Gasteiger partial charge in [0.25, 0.3) is 0 Å². The summed E-state index contributed by atoms with van der Waals surface area (Å²) < 4.78 is 5.54. The van der Waals surface area contributed by atoms with Crippen LogP contribution in [0.15, 0.2) is 18.6 Å². The fourth-order valence-electron chi connectivity index (χ4n) is 1.58. The number of aromatic nitrogens is 3. The number of anilines is 1. The fraction of sp³-hybridized carbons (Fsp3) is 0.462. The van der Waals surface area contributed by atoms with E-state index in [0.29, 0.717) is 5.88 Å². The average Bonchev–Trinajstić information content (AvgIpc) is 2.75. The van der Waals surface area contributed by atoms with Crippen LogP contribution in [0, 0.1) is 6.92 Å². The van der Waals surface area contributed by atoms with Gasteiger partial charge in [-0.1, -0.05) is 0 Å². The molecule has 0 aliphatic rings. The van der Waals surface area contributed by atoms with Gasteiger partial charge >= 0.3 is 0 Å². The van der Waals surface area contributed by atoms with Crippen molar-refractivity contribution in [1.82, 2.24) is 15.0 Å². The Balaban J connectivity index is 2.06. The minimum Gasteiger partial charge on any atom is -0.475 e. The summed E-state index contributed by atoms with van der Waals surface area (Å²) >= 11 is 1.68. The molecule has 0 saturated carbocycles. The number of nitrogens with zero attached hydrogens (tertiary/aromatic N) is 3. The Labute approximate surface area is 117 Å². The third-order valence-electron chi connectivity index (χ3n) is 2.37. The van der Waals surface area contributed by atoms with E-state index in [1.165, 1.54) is 11.2 Å². The molecule has 2 rings (SSSR count). The second-order valence-corrected chi connectivity index (χ2v) is 5.85. The number of rotatable bonds is 5. The molecule has 0 saturated heterocycles. The topological polar surface area (TPSA) is 59.9 Å². The van der Waals surface area contributed by atoms with Crippen molar-refractivity contribution in [2.75, 3.05) is 5.32 Å². The monoisotopic (exact) mass is 278 g/mol. The van der Waals surface area contributed by atoms with Gasteiger partial charge in [-0.3, -0.25) is 0 Å². The SMILES string of the molecule is Cc1cnc(C(C)Nc2cc(OC(C)C)ncn2)s1. The summed E-state index contributed by atoms with van der Waals surface area (Å²) in [5.41, 5.74) is 0. The summed E-state index contributed by atoms with van der Waals surface area (Å²) in [5, 5.41) is 4.35. The summed E-state index contributed by atoms with van der Waals surface area (Å²) in [6.07, 6.45) is 3.48. The second-order valence-electron chi connectivity index (χ2n) is 4.58. The van der Waals surface area contributed by atoms with Crippen molar-refractivity contribution in [3.05, 3.63) is 28.5 Å². The zero-order chi connectivity index (χ0) is 13.8. The molecule has 0 amide bonds. The van der Waals surface area contributed by atoms with E-state index in [9.17, 15) is 0 Å². The Morgan fingerprint density at radius 1 is 1.21 bits per heavy atom. The van der Waals surface area contributed by atoms with Crippen LogP contribution in [0.25, 0.3) is 0 Å². The molecule has 0 spiro atoms. The van der Waals surface area contributed by atoms with Gasteiger partial charge in [-0.15, -0.1) is 11.3 Å². The highest BCUT2D eigenvalue weighted by atomic mass is 32.1. The summed E-state index contributed by atoms with van der Waals surface area (Å²) in [5.74, 6) is 1.32. The smallest absolute Gasteiger partial charge is 0.218 e. The quantitative estimate of drug-likeness (QED) is 0.910. The number of aryl methyl sites for hydroxylation is 1. The van der Waals surface area contributed by atoms with Gasteiger partial charge in [-0.25, -0.2) is 15.0 Å². The fourth-order valence-corrected chi connectivity index (χ4v) is 2.36. The van der Waals surface area contributed by atoms with Crippen molar-refractivity contribution in [2.45, 2.75) is 39.8 Å². The van der Waals surface area contributed by atoms with E-state index in [4.69, 9.17) is 4.74 Å². The van der Waals surface area contributed by atoms with Gasteiger partial charge in [0.05, 0.1) is 12.1 Å². The Morgan fingerprint density at radius 2 is 2.00 bits per heavy atom. The van der Waals surface area contributed by atoms with Crippen LogP contribution in [0.4, 0.5) is 5.82 Å². The van der Waals surface area contributed by atoms with E-state index < -0.39 is 0 Å². The molecule has 0 bridgehead atoms. The lowest BCUT2D eigenvalue weighted by Crippen LogP contribution is -2.10. The molecule has 0 radical (unpaired) electrons. The Hall–Kier alpha value is -1.69. The molecule has 0 aliphatic heterocycles. The van der Waals surface area contributed by atoms with Gasteiger partial charge in [0, 0.05) is 17.1 Å². The molecule has 2 aromatic rings. The number of thiazole rings is 1. The van der Waals surface area contributed by atoms with Gasteiger partial charge in [0.1, 0.15) is 17.2 Å². The molecule has 19 heavy (non-hydrogen) atoms. The lowest BCUT2D eigenvalue weighted by Gasteiger charge is -2.13. The van der Waals surface area contributed by atoms with Gasteiger partial charge in [-0.2, -0.15) is 0 Å². The van der Waals surface area contributed by atoms with Crippen LogP contribution in [0.5, 0.6) is 5.88 Å². The molecular formula is C13H18N4OS. The predicted molar refractivity (Wildman–Crippen MR) is 76.7 cm³/mol. The molecule has 0 aromatic carbocycles. The molecule has 1 N–H and O–H groups in total. The summed E-state index contributed by atoms with van der Waals surface area (Å²) in [6, 6.07) is 1.91. The van der Waals surface area contributed by atoms with E-state index in [-0.39, 0.29) is 12.1 Å². The molecule has 1 atom stereocenters. The third kappa shape index (κ3) is 3.89. The first-order valence-corrected chi connectivity index (χ1v) is 7.04. The van der Waals surface area contributed by atoms with E-state index in [0.717, 1.165) is 10.8 Å². The van der Waals surface area contributed by atoms with Crippen LogP contribution in [0.2, 0.25) is 0 Å². The van der Waals surface area contributed by atoms with E-state index in [2.05, 4.69) is 27.2 Å². The standard InChI is InChI=1S/C13H18N4OS/c1-8(2)18-12-5-11(15-7-16-12)17-10(4)13-14-6-9(3)19-13/h5-8,10H,1-4H3,(H,15,16,17). The van der Waals surface area contributed by atoms with Crippen molar-refractivity contribution in [3.63, 3.8) is 0 Å².